The molecule has 1 aliphatic rings. The Balaban J connectivity index is 1.33. The number of aromatic nitrogens is 2. The minimum Gasteiger partial charge on any atom is -0.338 e. The van der Waals surface area contributed by atoms with E-state index in [9.17, 15) is 0 Å². The van der Waals surface area contributed by atoms with Crippen LogP contribution in [0.25, 0.3) is 28.2 Å². The Morgan fingerprint density at radius 1 is 0.643 bits per heavy atom. The van der Waals surface area contributed by atoms with Crippen LogP contribution in [0.15, 0.2) is 102 Å². The summed E-state index contributed by atoms with van der Waals surface area (Å²) in [5.41, 5.74) is 8.01. The number of nitrogens with one attached hydrogen (secondary N) is 1. The number of aromatic amines is 1. The van der Waals surface area contributed by atoms with Crippen LogP contribution in [0.5, 0.6) is 0 Å². The number of imidazole rings is 1. The number of aliphatic imine (C=N–C) groups is 1. The molecule has 0 amide bonds. The Kier molecular flexibility index (Phi) is 4.19. The van der Waals surface area contributed by atoms with Gasteiger partial charge in [-0.25, -0.2) is 4.98 Å². The minimum atomic E-state index is 0.867. The summed E-state index contributed by atoms with van der Waals surface area (Å²) < 4.78 is 0. The van der Waals surface area contributed by atoms with Gasteiger partial charge in [-0.15, -0.1) is 0 Å². The summed E-state index contributed by atoms with van der Waals surface area (Å²) in [4.78, 5) is 12.6. The lowest BCUT2D eigenvalue weighted by molar-refractivity contribution is 1.31. The molecule has 4 aromatic rings. The molecule has 2 heterocycles. The zero-order chi connectivity index (χ0) is 18.8. The van der Waals surface area contributed by atoms with Crippen molar-refractivity contribution in [3.05, 3.63) is 108 Å². The molecule has 0 fully saturated rings. The smallest absolute Gasteiger partial charge is 0.137 e. The predicted molar refractivity (Wildman–Crippen MR) is 115 cm³/mol. The molecular formula is C25H19N3. The van der Waals surface area contributed by atoms with Gasteiger partial charge in [0.05, 0.1) is 17.6 Å². The maximum atomic E-state index is 4.62. The predicted octanol–water partition coefficient (Wildman–Crippen LogP) is 5.98. The van der Waals surface area contributed by atoms with E-state index in [2.05, 4.69) is 75.6 Å². The molecule has 0 saturated heterocycles. The molecule has 0 saturated carbocycles. The van der Waals surface area contributed by atoms with Crippen molar-refractivity contribution in [1.29, 1.82) is 0 Å². The molecule has 5 rings (SSSR count). The highest BCUT2D eigenvalue weighted by atomic mass is 14.9. The molecule has 0 spiro atoms. The van der Waals surface area contributed by atoms with Crippen molar-refractivity contribution in [3.8, 4) is 22.6 Å². The fraction of sp³-hybridized carbons (Fsp3) is 0.0400. The summed E-state index contributed by atoms with van der Waals surface area (Å²) in [6.45, 7) is 0. The Morgan fingerprint density at radius 3 is 2.00 bits per heavy atom. The van der Waals surface area contributed by atoms with Gasteiger partial charge in [0.2, 0.25) is 0 Å². The molecule has 3 heteroatoms. The fourth-order valence-corrected chi connectivity index (χ4v) is 3.49. The Hall–Kier alpha value is -3.72. The van der Waals surface area contributed by atoms with Crippen LogP contribution in [-0.2, 0) is 0 Å². The topological polar surface area (TPSA) is 41.0 Å². The molecule has 0 bridgehead atoms. The van der Waals surface area contributed by atoms with Gasteiger partial charge >= 0.3 is 0 Å². The van der Waals surface area contributed by atoms with Crippen LogP contribution in [0.3, 0.4) is 0 Å². The van der Waals surface area contributed by atoms with E-state index >= 15 is 0 Å². The second-order valence-corrected chi connectivity index (χ2v) is 6.86. The summed E-state index contributed by atoms with van der Waals surface area (Å²) in [5, 5.41) is 0. The largest absolute Gasteiger partial charge is 0.338 e. The van der Waals surface area contributed by atoms with Crippen molar-refractivity contribution in [2.24, 2.45) is 4.99 Å². The number of hydrogen-bond donors (Lipinski definition) is 1. The molecule has 28 heavy (non-hydrogen) atoms. The van der Waals surface area contributed by atoms with Gasteiger partial charge in [-0.3, -0.25) is 4.99 Å². The average molecular weight is 361 g/mol. The van der Waals surface area contributed by atoms with Crippen LogP contribution in [0.4, 0.5) is 0 Å². The Morgan fingerprint density at radius 2 is 1.29 bits per heavy atom. The van der Waals surface area contributed by atoms with Crippen molar-refractivity contribution in [2.75, 3.05) is 0 Å². The minimum absolute atomic E-state index is 0.867. The molecular weight excluding hydrogens is 342 g/mol. The first-order chi connectivity index (χ1) is 13.9. The van der Waals surface area contributed by atoms with Gasteiger partial charge in [0.15, 0.2) is 0 Å². The van der Waals surface area contributed by atoms with E-state index < -0.39 is 0 Å². The number of rotatable bonds is 4. The van der Waals surface area contributed by atoms with E-state index in [1.807, 2.05) is 36.7 Å². The van der Waals surface area contributed by atoms with Crippen LogP contribution in [0, 0.1) is 0 Å². The maximum Gasteiger partial charge on any atom is 0.137 e. The summed E-state index contributed by atoms with van der Waals surface area (Å²) in [6.07, 6.45) is 4.75. The summed E-state index contributed by atoms with van der Waals surface area (Å²) in [7, 11) is 0. The van der Waals surface area contributed by atoms with E-state index in [0.717, 1.165) is 34.8 Å². The number of hydrogen-bond acceptors (Lipinski definition) is 2. The molecule has 3 aromatic carbocycles. The third-order valence-corrected chi connectivity index (χ3v) is 5.03. The standard InChI is InChI=1S/C25H19N3/c1-3-7-19(8-4-1)23-15-22(16-26-23)18-11-13-20(14-12-18)24-17-27-25(28-24)21-9-5-2-6-10-21/h1-14,16-17H,15H2,(H,27,28). The van der Waals surface area contributed by atoms with Crippen molar-refractivity contribution in [3.63, 3.8) is 0 Å². The number of nitrogens with zero attached hydrogens (tertiary/aromatic N) is 2. The summed E-state index contributed by atoms with van der Waals surface area (Å²) >= 11 is 0. The molecule has 0 unspecified atom stereocenters. The van der Waals surface area contributed by atoms with Crippen LogP contribution in [-0.4, -0.2) is 15.7 Å². The normalized spacial score (nSPS) is 13.3. The highest BCUT2D eigenvalue weighted by molar-refractivity contribution is 6.09. The van der Waals surface area contributed by atoms with Crippen molar-refractivity contribution >= 4 is 11.3 Å². The highest BCUT2D eigenvalue weighted by Gasteiger charge is 2.14. The second-order valence-electron chi connectivity index (χ2n) is 6.86. The lowest BCUT2D eigenvalue weighted by Crippen LogP contribution is -1.97. The van der Waals surface area contributed by atoms with Crippen molar-refractivity contribution < 1.29 is 0 Å². The van der Waals surface area contributed by atoms with E-state index in [0.29, 0.717) is 0 Å². The van der Waals surface area contributed by atoms with Gasteiger partial charge in [0, 0.05) is 18.2 Å². The monoisotopic (exact) mass is 361 g/mol. The number of benzene rings is 3. The van der Waals surface area contributed by atoms with E-state index in [-0.39, 0.29) is 0 Å². The zero-order valence-electron chi connectivity index (χ0n) is 15.3. The third-order valence-electron chi connectivity index (χ3n) is 5.03. The first kappa shape index (κ1) is 16.5. The van der Waals surface area contributed by atoms with Crippen LogP contribution >= 0.6 is 0 Å². The molecule has 1 aliphatic heterocycles. The van der Waals surface area contributed by atoms with Gasteiger partial charge in [0.1, 0.15) is 5.82 Å². The summed E-state index contributed by atoms with van der Waals surface area (Å²) in [6, 6.07) is 29.1. The Bertz CT molecular complexity index is 1150. The van der Waals surface area contributed by atoms with Crippen molar-refractivity contribution in [2.45, 2.75) is 6.42 Å². The Labute approximate surface area is 164 Å². The van der Waals surface area contributed by atoms with Crippen LogP contribution < -0.4 is 0 Å². The SMILES string of the molecule is C1=C(c2ccc(-c3cnc(-c4ccccc4)[nH]3)cc2)CC(c2ccccc2)=N1. The second kappa shape index (κ2) is 7.12. The molecule has 1 aromatic heterocycles. The molecule has 0 aliphatic carbocycles. The van der Waals surface area contributed by atoms with Gasteiger partial charge in [-0.2, -0.15) is 0 Å². The first-order valence-electron chi connectivity index (χ1n) is 9.39. The maximum absolute atomic E-state index is 4.62. The highest BCUT2D eigenvalue weighted by Crippen LogP contribution is 2.28. The number of H-pyrrole nitrogens is 1. The fourth-order valence-electron chi connectivity index (χ4n) is 3.49. The van der Waals surface area contributed by atoms with Crippen molar-refractivity contribution in [1.82, 2.24) is 9.97 Å². The van der Waals surface area contributed by atoms with Gasteiger partial charge in [-0.1, -0.05) is 84.9 Å². The quantitative estimate of drug-likeness (QED) is 0.477. The van der Waals surface area contributed by atoms with Crippen LogP contribution in [0.2, 0.25) is 0 Å². The van der Waals surface area contributed by atoms with E-state index in [1.54, 1.807) is 0 Å². The molecule has 0 radical (unpaired) electrons. The lowest BCUT2D eigenvalue weighted by atomic mass is 9.98. The first-order valence-corrected chi connectivity index (χ1v) is 9.39. The summed E-state index contributed by atoms with van der Waals surface area (Å²) in [5.74, 6) is 0.888. The molecule has 0 atom stereocenters. The molecule has 3 nitrogen and oxygen atoms in total. The lowest BCUT2D eigenvalue weighted by Gasteiger charge is -2.05. The van der Waals surface area contributed by atoms with E-state index in [4.69, 9.17) is 0 Å². The molecule has 134 valence electrons. The third kappa shape index (κ3) is 3.19. The average Bonchev–Trinajstić information content (AvgIpc) is 3.46. The van der Waals surface area contributed by atoms with E-state index in [1.165, 1.54) is 16.7 Å². The number of allylic oxidation sites excluding steroid dienone is 1. The van der Waals surface area contributed by atoms with Gasteiger partial charge in [0.25, 0.3) is 0 Å². The van der Waals surface area contributed by atoms with Gasteiger partial charge < -0.3 is 4.98 Å². The zero-order valence-corrected chi connectivity index (χ0v) is 15.3. The molecule has 1 N–H and O–H groups in total. The van der Waals surface area contributed by atoms with Crippen LogP contribution in [0.1, 0.15) is 17.5 Å². The van der Waals surface area contributed by atoms with Gasteiger partial charge in [-0.05, 0) is 22.3 Å².